The predicted octanol–water partition coefficient (Wildman–Crippen LogP) is 4.95. The van der Waals surface area contributed by atoms with Gasteiger partial charge >= 0.3 is 0 Å². The minimum atomic E-state index is 0. The molecular formula is C23H19ClN4. The minimum absolute atomic E-state index is 0. The van der Waals surface area contributed by atoms with Crippen LogP contribution in [0.15, 0.2) is 79.1 Å². The van der Waals surface area contributed by atoms with E-state index in [1.54, 1.807) is 0 Å². The second kappa shape index (κ2) is 8.98. The van der Waals surface area contributed by atoms with Crippen molar-refractivity contribution < 1.29 is 0 Å². The van der Waals surface area contributed by atoms with Gasteiger partial charge in [-0.2, -0.15) is 5.26 Å². The first-order chi connectivity index (χ1) is 13.3. The molecule has 0 aliphatic carbocycles. The van der Waals surface area contributed by atoms with Crippen molar-refractivity contribution in [3.63, 3.8) is 0 Å². The van der Waals surface area contributed by atoms with Gasteiger partial charge in [0.25, 0.3) is 0 Å². The van der Waals surface area contributed by atoms with Gasteiger partial charge in [-0.25, -0.2) is 4.98 Å². The van der Waals surface area contributed by atoms with E-state index < -0.39 is 0 Å². The van der Waals surface area contributed by atoms with Crippen molar-refractivity contribution in [2.24, 2.45) is 0 Å². The number of rotatable bonds is 5. The van der Waals surface area contributed by atoms with Gasteiger partial charge in [0.05, 0.1) is 11.6 Å². The Morgan fingerprint density at radius 3 is 2.25 bits per heavy atom. The maximum absolute atomic E-state index is 8.87. The van der Waals surface area contributed by atoms with E-state index in [1.807, 2.05) is 60.9 Å². The Hall–Kier alpha value is -3.42. The van der Waals surface area contributed by atoms with Gasteiger partial charge in [0.15, 0.2) is 0 Å². The molecule has 0 aliphatic rings. The normalized spacial score (nSPS) is 10.1. The van der Waals surface area contributed by atoms with Gasteiger partial charge in [0, 0.05) is 42.2 Å². The molecule has 4 aromatic rings. The molecule has 0 bridgehead atoms. The van der Waals surface area contributed by atoms with Crippen molar-refractivity contribution in [3.05, 3.63) is 107 Å². The standard InChI is InChI=1S/C23H18N4.ClH/c24-14-18-8-6-17(7-9-18)12-22-16-26-23(27-22)13-21-11-10-20(15-25-21)19-4-2-1-3-5-19;/h1-11,15-16H,12-13H2,(H,26,27);1H. The van der Waals surface area contributed by atoms with Crippen LogP contribution in [0.5, 0.6) is 0 Å². The highest BCUT2D eigenvalue weighted by Crippen LogP contribution is 2.18. The summed E-state index contributed by atoms with van der Waals surface area (Å²) in [6.07, 6.45) is 5.21. The summed E-state index contributed by atoms with van der Waals surface area (Å²) in [5, 5.41) is 8.87. The highest BCUT2D eigenvalue weighted by molar-refractivity contribution is 5.85. The number of pyridine rings is 1. The van der Waals surface area contributed by atoms with E-state index in [-0.39, 0.29) is 12.4 Å². The van der Waals surface area contributed by atoms with Crippen LogP contribution in [0.25, 0.3) is 11.1 Å². The number of nitrogens with one attached hydrogen (secondary N) is 1. The number of aromatic nitrogens is 3. The summed E-state index contributed by atoms with van der Waals surface area (Å²) < 4.78 is 0. The van der Waals surface area contributed by atoms with Gasteiger partial charge in [-0.1, -0.05) is 48.5 Å². The molecule has 2 aromatic carbocycles. The van der Waals surface area contributed by atoms with E-state index in [9.17, 15) is 0 Å². The minimum Gasteiger partial charge on any atom is -0.345 e. The number of hydrogen-bond acceptors (Lipinski definition) is 3. The van der Waals surface area contributed by atoms with Crippen LogP contribution in [0.1, 0.15) is 28.3 Å². The van der Waals surface area contributed by atoms with E-state index in [2.05, 4.69) is 39.2 Å². The molecule has 5 heteroatoms. The van der Waals surface area contributed by atoms with Crippen molar-refractivity contribution in [2.45, 2.75) is 12.8 Å². The highest BCUT2D eigenvalue weighted by Gasteiger charge is 2.05. The smallest absolute Gasteiger partial charge is 0.112 e. The van der Waals surface area contributed by atoms with Crippen LogP contribution in [0.3, 0.4) is 0 Å². The van der Waals surface area contributed by atoms with Crippen molar-refractivity contribution in [3.8, 4) is 17.2 Å². The summed E-state index contributed by atoms with van der Waals surface area (Å²) in [6, 6.07) is 24.1. The SMILES string of the molecule is Cl.N#Cc1ccc(Cc2cnc(Cc3ccc(-c4ccccc4)cn3)[nH]2)cc1. The summed E-state index contributed by atoms with van der Waals surface area (Å²) in [4.78, 5) is 12.4. The largest absolute Gasteiger partial charge is 0.345 e. The van der Waals surface area contributed by atoms with E-state index in [0.29, 0.717) is 12.0 Å². The van der Waals surface area contributed by atoms with E-state index >= 15 is 0 Å². The Balaban J connectivity index is 0.00000225. The quantitative estimate of drug-likeness (QED) is 0.528. The Morgan fingerprint density at radius 1 is 0.786 bits per heavy atom. The van der Waals surface area contributed by atoms with Crippen LogP contribution >= 0.6 is 12.4 Å². The molecule has 0 amide bonds. The summed E-state index contributed by atoms with van der Waals surface area (Å²) >= 11 is 0. The molecule has 28 heavy (non-hydrogen) atoms. The van der Waals surface area contributed by atoms with Gasteiger partial charge < -0.3 is 4.98 Å². The van der Waals surface area contributed by atoms with Crippen LogP contribution < -0.4 is 0 Å². The molecule has 0 spiro atoms. The molecule has 4 rings (SSSR count). The fraction of sp³-hybridized carbons (Fsp3) is 0.0870. The fourth-order valence-corrected chi connectivity index (χ4v) is 3.00. The zero-order valence-electron chi connectivity index (χ0n) is 15.2. The molecule has 138 valence electrons. The molecular weight excluding hydrogens is 368 g/mol. The molecule has 2 aromatic heterocycles. The molecule has 0 fully saturated rings. The first kappa shape index (κ1) is 19.3. The number of imidazole rings is 1. The number of benzene rings is 2. The van der Waals surface area contributed by atoms with Crippen LogP contribution in [0.4, 0.5) is 0 Å². The third-order valence-electron chi connectivity index (χ3n) is 4.44. The lowest BCUT2D eigenvalue weighted by molar-refractivity contribution is 0.962. The second-order valence-electron chi connectivity index (χ2n) is 6.42. The topological polar surface area (TPSA) is 65.4 Å². The molecule has 0 atom stereocenters. The number of nitrogens with zero attached hydrogens (tertiary/aromatic N) is 3. The molecule has 0 unspecified atom stereocenters. The lowest BCUT2D eigenvalue weighted by Crippen LogP contribution is -1.95. The Labute approximate surface area is 170 Å². The van der Waals surface area contributed by atoms with Crippen LogP contribution in [0.2, 0.25) is 0 Å². The Bertz CT molecular complexity index is 1060. The second-order valence-corrected chi connectivity index (χ2v) is 6.42. The van der Waals surface area contributed by atoms with Gasteiger partial charge in [-0.15, -0.1) is 12.4 Å². The summed E-state index contributed by atoms with van der Waals surface area (Å²) in [5.41, 5.74) is 6.13. The van der Waals surface area contributed by atoms with Crippen molar-refractivity contribution in [1.29, 1.82) is 5.26 Å². The summed E-state index contributed by atoms with van der Waals surface area (Å²) in [7, 11) is 0. The predicted molar refractivity (Wildman–Crippen MR) is 112 cm³/mol. The molecule has 0 saturated carbocycles. The van der Waals surface area contributed by atoms with Crippen LogP contribution in [-0.2, 0) is 12.8 Å². The Kier molecular flexibility index (Phi) is 6.21. The van der Waals surface area contributed by atoms with E-state index in [4.69, 9.17) is 5.26 Å². The molecule has 0 saturated heterocycles. The van der Waals surface area contributed by atoms with Crippen LogP contribution in [0, 0.1) is 11.3 Å². The van der Waals surface area contributed by atoms with Gasteiger partial charge in [0.1, 0.15) is 5.82 Å². The van der Waals surface area contributed by atoms with Gasteiger partial charge in [-0.05, 0) is 29.3 Å². The third-order valence-corrected chi connectivity index (χ3v) is 4.44. The number of H-pyrrole nitrogens is 1. The summed E-state index contributed by atoms with van der Waals surface area (Å²) in [5.74, 6) is 0.901. The number of aromatic amines is 1. The van der Waals surface area contributed by atoms with Gasteiger partial charge in [0.2, 0.25) is 0 Å². The van der Waals surface area contributed by atoms with Crippen LogP contribution in [-0.4, -0.2) is 15.0 Å². The zero-order chi connectivity index (χ0) is 18.5. The molecule has 0 aliphatic heterocycles. The fourth-order valence-electron chi connectivity index (χ4n) is 3.00. The van der Waals surface area contributed by atoms with Gasteiger partial charge in [-0.3, -0.25) is 4.98 Å². The lowest BCUT2D eigenvalue weighted by atomic mass is 10.1. The van der Waals surface area contributed by atoms with E-state index in [1.165, 1.54) is 5.56 Å². The van der Waals surface area contributed by atoms with E-state index in [0.717, 1.165) is 34.8 Å². The number of halogens is 1. The molecule has 4 nitrogen and oxygen atoms in total. The maximum Gasteiger partial charge on any atom is 0.112 e. The first-order valence-corrected chi connectivity index (χ1v) is 8.82. The highest BCUT2D eigenvalue weighted by atomic mass is 35.5. The third kappa shape index (κ3) is 4.64. The van der Waals surface area contributed by atoms with Crippen molar-refractivity contribution >= 4 is 12.4 Å². The summed E-state index contributed by atoms with van der Waals surface area (Å²) in [6.45, 7) is 0. The number of nitriles is 1. The molecule has 0 radical (unpaired) electrons. The Morgan fingerprint density at radius 2 is 1.57 bits per heavy atom. The lowest BCUT2D eigenvalue weighted by Gasteiger charge is -2.03. The number of hydrogen-bond donors (Lipinski definition) is 1. The molecule has 2 heterocycles. The van der Waals surface area contributed by atoms with Crippen molar-refractivity contribution in [1.82, 2.24) is 15.0 Å². The average molecular weight is 387 g/mol. The molecule has 1 N–H and O–H groups in total. The maximum atomic E-state index is 8.87. The monoisotopic (exact) mass is 386 g/mol. The van der Waals surface area contributed by atoms with Crippen molar-refractivity contribution in [2.75, 3.05) is 0 Å². The first-order valence-electron chi connectivity index (χ1n) is 8.82. The zero-order valence-corrected chi connectivity index (χ0v) is 16.0. The average Bonchev–Trinajstić information content (AvgIpc) is 3.16.